The molecule has 27 heavy (non-hydrogen) atoms. The molecule has 1 heterocycles. The van der Waals surface area contributed by atoms with Gasteiger partial charge in [0, 0.05) is 28.3 Å². The fraction of sp³-hybridized carbons (Fsp3) is 0.143. The van der Waals surface area contributed by atoms with Gasteiger partial charge in [0.05, 0.1) is 6.10 Å². The van der Waals surface area contributed by atoms with Crippen molar-refractivity contribution in [2.24, 2.45) is 0 Å². The summed E-state index contributed by atoms with van der Waals surface area (Å²) in [7, 11) is 0. The van der Waals surface area contributed by atoms with E-state index in [4.69, 9.17) is 16.3 Å². The fourth-order valence-corrected chi connectivity index (χ4v) is 2.54. The van der Waals surface area contributed by atoms with Crippen LogP contribution in [0.3, 0.4) is 0 Å². The van der Waals surface area contributed by atoms with Crippen LogP contribution in [0.25, 0.3) is 0 Å². The van der Waals surface area contributed by atoms with Crippen molar-refractivity contribution in [3.8, 4) is 5.75 Å². The first-order valence-electron chi connectivity index (χ1n) is 8.56. The molecule has 1 amide bonds. The van der Waals surface area contributed by atoms with Crippen LogP contribution in [-0.2, 0) is 0 Å². The van der Waals surface area contributed by atoms with Crippen LogP contribution < -0.4 is 15.4 Å². The van der Waals surface area contributed by atoms with E-state index in [1.165, 1.54) is 0 Å². The van der Waals surface area contributed by atoms with Gasteiger partial charge in [-0.15, -0.1) is 0 Å². The summed E-state index contributed by atoms with van der Waals surface area (Å²) in [6.07, 6.45) is 1.72. The van der Waals surface area contributed by atoms with Gasteiger partial charge in [-0.1, -0.05) is 11.6 Å². The average molecular weight is 382 g/mol. The van der Waals surface area contributed by atoms with E-state index < -0.39 is 0 Å². The number of anilines is 3. The van der Waals surface area contributed by atoms with E-state index >= 15 is 0 Å². The zero-order valence-electron chi connectivity index (χ0n) is 15.1. The molecule has 3 rings (SSSR count). The van der Waals surface area contributed by atoms with Gasteiger partial charge in [0.15, 0.2) is 0 Å². The number of aromatic nitrogens is 1. The van der Waals surface area contributed by atoms with Gasteiger partial charge in [-0.3, -0.25) is 9.78 Å². The highest BCUT2D eigenvalue weighted by molar-refractivity contribution is 6.30. The molecule has 2 N–H and O–H groups in total. The molecule has 0 unspecified atom stereocenters. The highest BCUT2D eigenvalue weighted by Crippen LogP contribution is 2.21. The Morgan fingerprint density at radius 1 is 0.963 bits per heavy atom. The van der Waals surface area contributed by atoms with E-state index in [1.54, 1.807) is 42.6 Å². The summed E-state index contributed by atoms with van der Waals surface area (Å²) in [4.78, 5) is 16.5. The summed E-state index contributed by atoms with van der Waals surface area (Å²) < 4.78 is 5.63. The molecule has 0 bridgehead atoms. The van der Waals surface area contributed by atoms with Crippen LogP contribution in [0.2, 0.25) is 5.02 Å². The quantitative estimate of drug-likeness (QED) is 0.590. The van der Waals surface area contributed by atoms with Crippen molar-refractivity contribution in [1.82, 2.24) is 4.98 Å². The van der Waals surface area contributed by atoms with Gasteiger partial charge in [-0.2, -0.15) is 0 Å². The third-order valence-electron chi connectivity index (χ3n) is 3.61. The molecule has 3 aromatic rings. The zero-order valence-corrected chi connectivity index (χ0v) is 15.8. The average Bonchev–Trinajstić information content (AvgIpc) is 2.65. The number of carbonyl (C=O) groups is 1. The Labute approximate surface area is 163 Å². The van der Waals surface area contributed by atoms with Crippen molar-refractivity contribution >= 4 is 34.6 Å². The van der Waals surface area contributed by atoms with E-state index in [2.05, 4.69) is 15.6 Å². The Morgan fingerprint density at radius 2 is 1.63 bits per heavy atom. The SMILES string of the molecule is CC(C)Oc1ccc(Nc2ccnc(C(=O)Nc3ccc(Cl)cc3)c2)cc1. The number of pyridine rings is 1. The Hall–Kier alpha value is -3.05. The molecule has 0 saturated carbocycles. The Kier molecular flexibility index (Phi) is 5.94. The molecule has 0 aliphatic rings. The van der Waals surface area contributed by atoms with Crippen LogP contribution in [0.4, 0.5) is 17.1 Å². The van der Waals surface area contributed by atoms with Crippen LogP contribution in [0.15, 0.2) is 66.9 Å². The summed E-state index contributed by atoms with van der Waals surface area (Å²) in [6.45, 7) is 3.97. The van der Waals surface area contributed by atoms with Gasteiger partial charge in [0.1, 0.15) is 11.4 Å². The first kappa shape index (κ1) is 18.7. The van der Waals surface area contributed by atoms with E-state index in [9.17, 15) is 4.79 Å². The summed E-state index contributed by atoms with van der Waals surface area (Å²) in [5.74, 6) is 0.523. The van der Waals surface area contributed by atoms with Crippen molar-refractivity contribution in [3.63, 3.8) is 0 Å². The molecular weight excluding hydrogens is 362 g/mol. The minimum Gasteiger partial charge on any atom is -0.491 e. The molecule has 6 heteroatoms. The topological polar surface area (TPSA) is 63.2 Å². The van der Waals surface area contributed by atoms with Crippen LogP contribution in [0.1, 0.15) is 24.3 Å². The molecule has 2 aromatic carbocycles. The molecule has 1 aromatic heterocycles. The molecule has 0 aliphatic heterocycles. The monoisotopic (exact) mass is 381 g/mol. The summed E-state index contributed by atoms with van der Waals surface area (Å²) in [5, 5.41) is 6.67. The van der Waals surface area contributed by atoms with Crippen molar-refractivity contribution in [1.29, 1.82) is 0 Å². The van der Waals surface area contributed by atoms with E-state index in [-0.39, 0.29) is 12.0 Å². The first-order chi connectivity index (χ1) is 13.0. The number of hydrogen-bond donors (Lipinski definition) is 2. The van der Waals surface area contributed by atoms with Gasteiger partial charge in [-0.05, 0) is 74.5 Å². The molecule has 5 nitrogen and oxygen atoms in total. The van der Waals surface area contributed by atoms with Crippen LogP contribution in [-0.4, -0.2) is 17.0 Å². The molecule has 0 spiro atoms. The Bertz CT molecular complexity index is 909. The minimum atomic E-state index is -0.290. The van der Waals surface area contributed by atoms with Gasteiger partial charge >= 0.3 is 0 Å². The highest BCUT2D eigenvalue weighted by Gasteiger charge is 2.09. The van der Waals surface area contributed by atoms with Crippen LogP contribution in [0, 0.1) is 0 Å². The Morgan fingerprint density at radius 3 is 2.30 bits per heavy atom. The zero-order chi connectivity index (χ0) is 19.2. The lowest BCUT2D eigenvalue weighted by molar-refractivity contribution is 0.102. The maximum absolute atomic E-state index is 12.4. The minimum absolute atomic E-state index is 0.130. The second-order valence-electron chi connectivity index (χ2n) is 6.21. The third kappa shape index (κ3) is 5.46. The van der Waals surface area contributed by atoms with E-state index in [1.807, 2.05) is 38.1 Å². The number of carbonyl (C=O) groups excluding carboxylic acids is 1. The summed E-state index contributed by atoms with van der Waals surface area (Å²) >= 11 is 5.86. The molecular formula is C21H20ClN3O2. The second kappa shape index (κ2) is 8.56. The molecule has 0 aliphatic carbocycles. The standard InChI is InChI=1S/C21H20ClN3O2/c1-14(2)27-19-9-7-16(8-10-19)24-18-11-12-23-20(13-18)21(26)25-17-5-3-15(22)4-6-17/h3-14H,1-2H3,(H,23,24)(H,25,26). The molecule has 0 fully saturated rings. The molecule has 0 saturated heterocycles. The van der Waals surface area contributed by atoms with Gasteiger partial charge in [0.2, 0.25) is 0 Å². The molecule has 138 valence electrons. The molecule has 0 radical (unpaired) electrons. The number of nitrogens with one attached hydrogen (secondary N) is 2. The highest BCUT2D eigenvalue weighted by atomic mass is 35.5. The van der Waals surface area contributed by atoms with Crippen molar-refractivity contribution in [2.45, 2.75) is 20.0 Å². The lowest BCUT2D eigenvalue weighted by Gasteiger charge is -2.11. The maximum atomic E-state index is 12.4. The lowest BCUT2D eigenvalue weighted by atomic mass is 10.2. The van der Waals surface area contributed by atoms with E-state index in [0.717, 1.165) is 17.1 Å². The predicted molar refractivity (Wildman–Crippen MR) is 109 cm³/mol. The van der Waals surface area contributed by atoms with Gasteiger partial charge in [0.25, 0.3) is 5.91 Å². The number of benzene rings is 2. The van der Waals surface area contributed by atoms with Gasteiger partial charge in [-0.25, -0.2) is 0 Å². The number of rotatable bonds is 6. The normalized spacial score (nSPS) is 10.5. The van der Waals surface area contributed by atoms with Crippen molar-refractivity contribution in [2.75, 3.05) is 10.6 Å². The number of nitrogens with zero attached hydrogens (tertiary/aromatic N) is 1. The Balaban J connectivity index is 1.67. The number of halogens is 1. The third-order valence-corrected chi connectivity index (χ3v) is 3.86. The number of hydrogen-bond acceptors (Lipinski definition) is 4. The molecule has 0 atom stereocenters. The summed E-state index contributed by atoms with van der Waals surface area (Å²) in [6, 6.07) is 18.1. The van der Waals surface area contributed by atoms with Gasteiger partial charge < -0.3 is 15.4 Å². The van der Waals surface area contributed by atoms with Crippen LogP contribution >= 0.6 is 11.6 Å². The smallest absolute Gasteiger partial charge is 0.274 e. The second-order valence-corrected chi connectivity index (χ2v) is 6.64. The summed E-state index contributed by atoms with van der Waals surface area (Å²) in [5.41, 5.74) is 2.63. The lowest BCUT2D eigenvalue weighted by Crippen LogP contribution is -2.13. The van der Waals surface area contributed by atoms with Crippen molar-refractivity contribution in [3.05, 3.63) is 77.6 Å². The van der Waals surface area contributed by atoms with Crippen molar-refractivity contribution < 1.29 is 9.53 Å². The largest absolute Gasteiger partial charge is 0.491 e. The number of amides is 1. The first-order valence-corrected chi connectivity index (χ1v) is 8.94. The number of ether oxygens (including phenoxy) is 1. The predicted octanol–water partition coefficient (Wildman–Crippen LogP) is 5.52. The van der Waals surface area contributed by atoms with E-state index in [0.29, 0.717) is 16.4 Å². The van der Waals surface area contributed by atoms with Crippen LogP contribution in [0.5, 0.6) is 5.75 Å². The fourth-order valence-electron chi connectivity index (χ4n) is 2.42. The maximum Gasteiger partial charge on any atom is 0.274 e.